The van der Waals surface area contributed by atoms with Crippen LogP contribution in [0.25, 0.3) is 0 Å². The van der Waals surface area contributed by atoms with Crippen molar-refractivity contribution in [1.29, 1.82) is 0 Å². The van der Waals surface area contributed by atoms with Crippen molar-refractivity contribution < 1.29 is 27.3 Å². The predicted molar refractivity (Wildman–Crippen MR) is 95.4 cm³/mol. The Balaban J connectivity index is 2.58. The van der Waals surface area contributed by atoms with Gasteiger partial charge in [0.2, 0.25) is 0 Å². The van der Waals surface area contributed by atoms with Crippen molar-refractivity contribution in [2.24, 2.45) is 0 Å². The number of rotatable bonds is 7. The van der Waals surface area contributed by atoms with E-state index in [0.717, 1.165) is 18.2 Å². The molecule has 0 unspecified atom stereocenters. The molecule has 8 nitrogen and oxygen atoms in total. The average Bonchev–Trinajstić information content (AvgIpc) is 2.59. The lowest BCUT2D eigenvalue weighted by Crippen LogP contribution is -2.36. The molecule has 0 spiro atoms. The van der Waals surface area contributed by atoms with Gasteiger partial charge in [0.25, 0.3) is 15.7 Å². The second-order valence-electron chi connectivity index (χ2n) is 5.50. The van der Waals surface area contributed by atoms with E-state index >= 15 is 0 Å². The first kappa shape index (κ1) is 20.3. The fourth-order valence-corrected chi connectivity index (χ4v) is 3.77. The molecule has 0 fully saturated rings. The number of nitro groups is 1. The normalized spacial score (nSPS) is 11.1. The van der Waals surface area contributed by atoms with Gasteiger partial charge in [0.15, 0.2) is 0 Å². The lowest BCUT2D eigenvalue weighted by Gasteiger charge is -2.23. The quantitative estimate of drug-likeness (QED) is 0.405. The maximum atomic E-state index is 13.6. The van der Waals surface area contributed by atoms with Gasteiger partial charge in [0, 0.05) is 11.6 Å². The number of hydrogen-bond donors (Lipinski definition) is 0. The Hall–Kier alpha value is -3.01. The Morgan fingerprint density at radius 2 is 1.96 bits per heavy atom. The smallest absolute Gasteiger partial charge is 0.326 e. The first-order valence-electron chi connectivity index (χ1n) is 7.85. The van der Waals surface area contributed by atoms with E-state index in [0.29, 0.717) is 4.31 Å². The van der Waals surface area contributed by atoms with Gasteiger partial charge in [-0.2, -0.15) is 0 Å². The van der Waals surface area contributed by atoms with Crippen LogP contribution in [-0.2, 0) is 19.6 Å². The summed E-state index contributed by atoms with van der Waals surface area (Å²) in [5, 5.41) is 11.1. The van der Waals surface area contributed by atoms with Crippen LogP contribution in [0.3, 0.4) is 0 Å². The number of carbonyl (C=O) groups is 1. The molecule has 144 valence electrons. The van der Waals surface area contributed by atoms with E-state index in [4.69, 9.17) is 4.74 Å². The zero-order chi connectivity index (χ0) is 20.2. The number of nitrogens with zero attached hydrogens (tertiary/aromatic N) is 2. The van der Waals surface area contributed by atoms with Crippen molar-refractivity contribution in [3.63, 3.8) is 0 Å². The van der Waals surface area contributed by atoms with Crippen LogP contribution in [-0.4, -0.2) is 32.5 Å². The van der Waals surface area contributed by atoms with Crippen LogP contribution in [0.5, 0.6) is 0 Å². The topological polar surface area (TPSA) is 107 Å². The molecule has 0 saturated carbocycles. The highest BCUT2D eigenvalue weighted by atomic mass is 32.2. The number of carbonyl (C=O) groups excluding carboxylic acids is 1. The largest absolute Gasteiger partial charge is 0.465 e. The van der Waals surface area contributed by atoms with E-state index in [1.165, 1.54) is 31.2 Å². The number of ether oxygens (including phenoxy) is 1. The van der Waals surface area contributed by atoms with Crippen LogP contribution in [0.2, 0.25) is 0 Å². The molecule has 0 radical (unpaired) electrons. The number of sulfonamides is 1. The minimum absolute atomic E-state index is 0.0336. The third-order valence-electron chi connectivity index (χ3n) is 3.64. The van der Waals surface area contributed by atoms with Gasteiger partial charge in [-0.3, -0.25) is 19.2 Å². The van der Waals surface area contributed by atoms with Crippen LogP contribution in [0.4, 0.5) is 15.8 Å². The van der Waals surface area contributed by atoms with Crippen molar-refractivity contribution in [3.8, 4) is 0 Å². The van der Waals surface area contributed by atoms with Gasteiger partial charge in [0.05, 0.1) is 22.1 Å². The summed E-state index contributed by atoms with van der Waals surface area (Å²) in [6.45, 7) is 2.35. The van der Waals surface area contributed by atoms with E-state index in [1.807, 2.05) is 0 Å². The summed E-state index contributed by atoms with van der Waals surface area (Å²) in [6, 6.07) is 8.05. The summed E-state index contributed by atoms with van der Waals surface area (Å²) < 4.78 is 45.1. The third-order valence-corrected chi connectivity index (χ3v) is 5.41. The summed E-state index contributed by atoms with van der Waals surface area (Å²) in [5.41, 5.74) is -0.209. The Bertz CT molecular complexity index is 977. The summed E-state index contributed by atoms with van der Waals surface area (Å²) >= 11 is 0. The third kappa shape index (κ3) is 4.59. The molecule has 0 aliphatic carbocycles. The number of anilines is 1. The van der Waals surface area contributed by atoms with Gasteiger partial charge >= 0.3 is 5.97 Å². The molecular formula is C17H17FN2O6S. The second kappa shape index (κ2) is 8.12. The van der Waals surface area contributed by atoms with E-state index in [2.05, 4.69) is 0 Å². The molecule has 0 aromatic heterocycles. The molecule has 0 amide bonds. The summed E-state index contributed by atoms with van der Waals surface area (Å²) in [4.78, 5) is 21.9. The number of halogens is 1. The van der Waals surface area contributed by atoms with Crippen molar-refractivity contribution in [2.75, 3.05) is 17.5 Å². The summed E-state index contributed by atoms with van der Waals surface area (Å²) in [7, 11) is -4.40. The highest BCUT2D eigenvalue weighted by Gasteiger charge is 2.29. The summed E-state index contributed by atoms with van der Waals surface area (Å²) in [5.74, 6) is -1.54. The standard InChI is InChI=1S/C17H17FN2O6S/c1-3-26-17(21)11-19(14-6-4-5-13(18)9-14)27(24,25)15-8-7-12(2)16(10-15)20(22)23/h4-10H,3,11H2,1-2H3. The highest BCUT2D eigenvalue weighted by molar-refractivity contribution is 7.92. The number of nitro benzene ring substituents is 1. The van der Waals surface area contributed by atoms with Crippen LogP contribution < -0.4 is 4.31 Å². The monoisotopic (exact) mass is 396 g/mol. The van der Waals surface area contributed by atoms with Gasteiger partial charge in [-0.25, -0.2) is 12.8 Å². The van der Waals surface area contributed by atoms with Crippen molar-refractivity contribution in [2.45, 2.75) is 18.7 Å². The maximum absolute atomic E-state index is 13.6. The Morgan fingerprint density at radius 1 is 1.26 bits per heavy atom. The van der Waals surface area contributed by atoms with Crippen molar-refractivity contribution >= 4 is 27.4 Å². The lowest BCUT2D eigenvalue weighted by molar-refractivity contribution is -0.385. The zero-order valence-corrected chi connectivity index (χ0v) is 15.4. The molecule has 0 aliphatic heterocycles. The Labute approximate surface area is 155 Å². The Kier molecular flexibility index (Phi) is 6.11. The molecule has 2 aromatic carbocycles. The van der Waals surface area contributed by atoms with E-state index in [-0.39, 0.29) is 23.5 Å². The van der Waals surface area contributed by atoms with E-state index in [9.17, 15) is 27.7 Å². The van der Waals surface area contributed by atoms with Crippen LogP contribution in [0, 0.1) is 22.9 Å². The molecule has 0 aliphatic rings. The van der Waals surface area contributed by atoms with Crippen molar-refractivity contribution in [1.82, 2.24) is 0 Å². The molecule has 0 bridgehead atoms. The minimum Gasteiger partial charge on any atom is -0.465 e. The summed E-state index contributed by atoms with van der Waals surface area (Å²) in [6.07, 6.45) is 0. The Morgan fingerprint density at radius 3 is 2.56 bits per heavy atom. The minimum atomic E-state index is -4.40. The molecule has 10 heteroatoms. The number of benzene rings is 2. The molecule has 27 heavy (non-hydrogen) atoms. The highest BCUT2D eigenvalue weighted by Crippen LogP contribution is 2.28. The van der Waals surface area contributed by atoms with Gasteiger partial charge in [-0.15, -0.1) is 0 Å². The van der Waals surface area contributed by atoms with Gasteiger partial charge in [-0.05, 0) is 38.1 Å². The van der Waals surface area contributed by atoms with E-state index < -0.39 is 38.2 Å². The molecule has 0 atom stereocenters. The zero-order valence-electron chi connectivity index (χ0n) is 14.6. The molecule has 0 saturated heterocycles. The number of aryl methyl sites for hydroxylation is 1. The first-order valence-corrected chi connectivity index (χ1v) is 9.29. The second-order valence-corrected chi connectivity index (χ2v) is 7.36. The predicted octanol–water partition coefficient (Wildman–Crippen LogP) is 2.80. The fraction of sp³-hybridized carbons (Fsp3) is 0.235. The first-order chi connectivity index (χ1) is 12.7. The van der Waals surface area contributed by atoms with Crippen molar-refractivity contribution in [3.05, 3.63) is 64.0 Å². The molecule has 0 N–H and O–H groups in total. The SMILES string of the molecule is CCOC(=O)CN(c1cccc(F)c1)S(=O)(=O)c1ccc(C)c([N+](=O)[O-])c1. The number of esters is 1. The average molecular weight is 396 g/mol. The van der Waals surface area contributed by atoms with Crippen LogP contribution in [0.15, 0.2) is 47.4 Å². The fourth-order valence-electron chi connectivity index (χ4n) is 2.34. The molecular weight excluding hydrogens is 379 g/mol. The molecule has 2 rings (SSSR count). The van der Waals surface area contributed by atoms with Gasteiger partial charge in [-0.1, -0.05) is 12.1 Å². The van der Waals surface area contributed by atoms with Gasteiger partial charge in [0.1, 0.15) is 12.4 Å². The molecule has 2 aromatic rings. The maximum Gasteiger partial charge on any atom is 0.326 e. The molecule has 0 heterocycles. The van der Waals surface area contributed by atoms with Gasteiger partial charge < -0.3 is 4.74 Å². The van der Waals surface area contributed by atoms with Crippen LogP contribution >= 0.6 is 0 Å². The van der Waals surface area contributed by atoms with E-state index in [1.54, 1.807) is 6.92 Å². The number of hydrogen-bond acceptors (Lipinski definition) is 6. The van der Waals surface area contributed by atoms with Crippen LogP contribution in [0.1, 0.15) is 12.5 Å². The lowest BCUT2D eigenvalue weighted by atomic mass is 10.2.